The molecule has 5 aromatic rings. The van der Waals surface area contributed by atoms with Crippen molar-refractivity contribution in [2.75, 3.05) is 10.2 Å². The van der Waals surface area contributed by atoms with Crippen LogP contribution in [0.2, 0.25) is 0 Å². The van der Waals surface area contributed by atoms with Gasteiger partial charge in [-0.3, -0.25) is 9.69 Å². The van der Waals surface area contributed by atoms with Gasteiger partial charge in [-0.15, -0.1) is 0 Å². The van der Waals surface area contributed by atoms with Crippen LogP contribution in [0.4, 0.5) is 31.8 Å². The van der Waals surface area contributed by atoms with Crippen LogP contribution in [0.25, 0.3) is 11.0 Å². The van der Waals surface area contributed by atoms with Gasteiger partial charge in [-0.25, -0.2) is 23.7 Å². The van der Waals surface area contributed by atoms with Crippen LogP contribution in [0, 0.1) is 23.0 Å². The summed E-state index contributed by atoms with van der Waals surface area (Å²) in [6.45, 7) is 3.47. The van der Waals surface area contributed by atoms with Crippen molar-refractivity contribution in [3.05, 3.63) is 102 Å². The molecule has 0 unspecified atom stereocenters. The fraction of sp³-hybridized carbons (Fsp3) is 0.107. The fourth-order valence-corrected chi connectivity index (χ4v) is 4.00. The van der Waals surface area contributed by atoms with E-state index in [-0.39, 0.29) is 22.9 Å². The van der Waals surface area contributed by atoms with Crippen molar-refractivity contribution in [1.29, 1.82) is 5.26 Å². The number of hydrogen-bond donors (Lipinski definition) is 2. The summed E-state index contributed by atoms with van der Waals surface area (Å²) in [5, 5.41) is 12.5. The highest BCUT2D eigenvalue weighted by molar-refractivity contribution is 6.05. The number of fused-ring (bicyclic) bond motifs is 1. The van der Waals surface area contributed by atoms with E-state index in [0.29, 0.717) is 16.6 Å². The highest BCUT2D eigenvalue weighted by Gasteiger charge is 2.27. The molecule has 3 heterocycles. The number of H-pyrrole nitrogens is 1. The third-order valence-corrected chi connectivity index (χ3v) is 6.09. The number of aromatic amines is 1. The maximum Gasteiger partial charge on any atom is 0.255 e. The van der Waals surface area contributed by atoms with E-state index in [9.17, 15) is 10.1 Å². The Morgan fingerprint density at radius 2 is 1.89 bits per heavy atom. The maximum absolute atomic E-state index is 16.1. The minimum atomic E-state index is -1.01. The molecule has 5 rings (SSSR count). The molecule has 0 fully saturated rings. The molecule has 2 N–H and O–H groups in total. The standard InChI is InChI=1S/C28H21F2N7O/c1-28(2,15-31)18-7-5-6-17(14-18)27(38)36-21-10-9-20(29)24(23(21)30)37(22-8-3-4-12-32-22)26-19-11-13-33-25(19)34-16-35-26/h3-14,16H,1-2H3,(H,36,38)(H,33,34,35). The van der Waals surface area contributed by atoms with Gasteiger partial charge < -0.3 is 10.3 Å². The van der Waals surface area contributed by atoms with Gasteiger partial charge in [0.25, 0.3) is 5.91 Å². The Morgan fingerprint density at radius 3 is 2.66 bits per heavy atom. The van der Waals surface area contributed by atoms with Gasteiger partial charge in [0.15, 0.2) is 11.6 Å². The highest BCUT2D eigenvalue weighted by atomic mass is 19.1. The molecule has 8 nitrogen and oxygen atoms in total. The van der Waals surface area contributed by atoms with Crippen LogP contribution in [0.1, 0.15) is 29.8 Å². The van der Waals surface area contributed by atoms with Crippen molar-refractivity contribution < 1.29 is 13.6 Å². The van der Waals surface area contributed by atoms with Crippen LogP contribution in [0.3, 0.4) is 0 Å². The molecule has 38 heavy (non-hydrogen) atoms. The van der Waals surface area contributed by atoms with E-state index in [1.54, 1.807) is 68.6 Å². The lowest BCUT2D eigenvalue weighted by molar-refractivity contribution is 0.102. The second kappa shape index (κ2) is 9.71. The second-order valence-electron chi connectivity index (χ2n) is 8.99. The molecule has 2 aromatic carbocycles. The molecule has 10 heteroatoms. The fourth-order valence-electron chi connectivity index (χ4n) is 4.00. The van der Waals surface area contributed by atoms with Gasteiger partial charge in [-0.1, -0.05) is 18.2 Å². The average Bonchev–Trinajstić information content (AvgIpc) is 3.43. The predicted octanol–water partition coefficient (Wildman–Crippen LogP) is 6.15. The van der Waals surface area contributed by atoms with E-state index in [0.717, 1.165) is 12.1 Å². The van der Waals surface area contributed by atoms with Crippen molar-refractivity contribution in [3.63, 3.8) is 0 Å². The molecule has 188 valence electrons. The lowest BCUT2D eigenvalue weighted by Crippen LogP contribution is -2.20. The largest absolute Gasteiger partial charge is 0.346 e. The molecule has 0 saturated heterocycles. The van der Waals surface area contributed by atoms with E-state index in [4.69, 9.17) is 0 Å². The Hall–Kier alpha value is -5.17. The van der Waals surface area contributed by atoms with E-state index in [1.807, 2.05) is 0 Å². The Bertz CT molecular complexity index is 1690. The molecule has 0 radical (unpaired) electrons. The number of pyridine rings is 1. The van der Waals surface area contributed by atoms with Crippen LogP contribution in [-0.2, 0) is 5.41 Å². The normalized spacial score (nSPS) is 11.2. The number of hydrogen-bond acceptors (Lipinski definition) is 6. The van der Waals surface area contributed by atoms with Gasteiger partial charge in [0.2, 0.25) is 0 Å². The van der Waals surface area contributed by atoms with E-state index in [1.165, 1.54) is 17.4 Å². The molecule has 0 aliphatic rings. The monoisotopic (exact) mass is 509 g/mol. The van der Waals surface area contributed by atoms with Gasteiger partial charge >= 0.3 is 0 Å². The molecule has 0 aliphatic heterocycles. The SMILES string of the molecule is CC(C)(C#N)c1cccc(C(=O)Nc2ccc(F)c(N(c3ccccn3)c3ncnc4[nH]ccc34)c2F)c1. The maximum atomic E-state index is 16.1. The molecule has 1 amide bonds. The summed E-state index contributed by atoms with van der Waals surface area (Å²) in [6.07, 6.45) is 4.42. The summed E-state index contributed by atoms with van der Waals surface area (Å²) in [6, 6.07) is 17.6. The topological polar surface area (TPSA) is 111 Å². The quantitative estimate of drug-likeness (QED) is 0.284. The number of carbonyl (C=O) groups excluding carboxylic acids is 1. The van der Waals surface area contributed by atoms with Gasteiger partial charge in [-0.2, -0.15) is 5.26 Å². The second-order valence-corrected chi connectivity index (χ2v) is 8.99. The van der Waals surface area contributed by atoms with E-state index in [2.05, 4.69) is 31.3 Å². The summed E-state index contributed by atoms with van der Waals surface area (Å²) in [7, 11) is 0. The number of nitriles is 1. The van der Waals surface area contributed by atoms with Crippen molar-refractivity contribution >= 4 is 40.0 Å². The highest BCUT2D eigenvalue weighted by Crippen LogP contribution is 2.40. The summed E-state index contributed by atoms with van der Waals surface area (Å²) in [4.78, 5) is 30.0. The number of nitrogens with one attached hydrogen (secondary N) is 2. The minimum absolute atomic E-state index is 0.197. The van der Waals surface area contributed by atoms with Gasteiger partial charge in [0.05, 0.1) is 22.6 Å². The molecular weight excluding hydrogens is 488 g/mol. The summed E-state index contributed by atoms with van der Waals surface area (Å²) < 4.78 is 31.4. The number of amides is 1. The first kappa shape index (κ1) is 24.5. The lowest BCUT2D eigenvalue weighted by Gasteiger charge is -2.25. The van der Waals surface area contributed by atoms with Gasteiger partial charge in [-0.05, 0) is 61.9 Å². The predicted molar refractivity (Wildman–Crippen MR) is 139 cm³/mol. The summed E-state index contributed by atoms with van der Waals surface area (Å²) in [5.41, 5.74) is -0.203. The van der Waals surface area contributed by atoms with Crippen LogP contribution in [-0.4, -0.2) is 25.8 Å². The Morgan fingerprint density at radius 1 is 1.05 bits per heavy atom. The van der Waals surface area contributed by atoms with Gasteiger partial charge in [0.1, 0.15) is 29.3 Å². The zero-order valence-corrected chi connectivity index (χ0v) is 20.4. The summed E-state index contributed by atoms with van der Waals surface area (Å²) in [5.74, 6) is -2.11. The third-order valence-electron chi connectivity index (χ3n) is 6.09. The lowest BCUT2D eigenvalue weighted by atomic mass is 9.85. The molecular formula is C28H21F2N7O. The summed E-state index contributed by atoms with van der Waals surface area (Å²) >= 11 is 0. The zero-order chi connectivity index (χ0) is 26.9. The third kappa shape index (κ3) is 4.41. The molecule has 3 aromatic heterocycles. The number of anilines is 4. The average molecular weight is 510 g/mol. The zero-order valence-electron chi connectivity index (χ0n) is 20.4. The van der Waals surface area contributed by atoms with Crippen molar-refractivity contribution in [2.45, 2.75) is 19.3 Å². The van der Waals surface area contributed by atoms with Crippen LogP contribution in [0.15, 0.2) is 79.4 Å². The molecule has 0 spiro atoms. The van der Waals surface area contributed by atoms with Crippen LogP contribution in [0.5, 0.6) is 0 Å². The number of aromatic nitrogens is 4. The number of nitrogens with zero attached hydrogens (tertiary/aromatic N) is 5. The van der Waals surface area contributed by atoms with Crippen molar-refractivity contribution in [1.82, 2.24) is 19.9 Å². The molecule has 0 atom stereocenters. The Kier molecular flexibility index (Phi) is 6.26. The smallest absolute Gasteiger partial charge is 0.255 e. The van der Waals surface area contributed by atoms with Crippen LogP contribution >= 0.6 is 0 Å². The Labute approximate surface area is 216 Å². The first-order chi connectivity index (χ1) is 18.3. The first-order valence-corrected chi connectivity index (χ1v) is 11.6. The first-order valence-electron chi connectivity index (χ1n) is 11.6. The molecule has 0 aliphatic carbocycles. The number of benzene rings is 2. The molecule has 0 bridgehead atoms. The van der Waals surface area contributed by atoms with E-state index < -0.39 is 28.6 Å². The van der Waals surface area contributed by atoms with Crippen LogP contribution < -0.4 is 10.2 Å². The number of rotatable bonds is 6. The van der Waals surface area contributed by atoms with E-state index >= 15 is 8.78 Å². The number of carbonyl (C=O) groups is 1. The van der Waals surface area contributed by atoms with Crippen molar-refractivity contribution in [2.24, 2.45) is 0 Å². The van der Waals surface area contributed by atoms with Gasteiger partial charge in [0, 0.05) is 18.0 Å². The molecule has 0 saturated carbocycles. The Balaban J connectivity index is 1.60. The minimum Gasteiger partial charge on any atom is -0.346 e. The number of halogens is 2. The van der Waals surface area contributed by atoms with Crippen molar-refractivity contribution in [3.8, 4) is 6.07 Å².